The molecule has 0 amide bonds. The molecule has 1 atom stereocenters. The molecule has 0 aliphatic carbocycles. The van der Waals surface area contributed by atoms with Crippen molar-refractivity contribution in [1.29, 1.82) is 0 Å². The molecule has 0 saturated heterocycles. The maximum Gasteiger partial charge on any atom is 0.144 e. The molecule has 0 radical (unpaired) electrons. The summed E-state index contributed by atoms with van der Waals surface area (Å²) in [6.45, 7) is 11.3. The highest BCUT2D eigenvalue weighted by Crippen LogP contribution is 2.46. The van der Waals surface area contributed by atoms with Gasteiger partial charge in [-0.25, -0.2) is 4.98 Å². The van der Waals surface area contributed by atoms with E-state index >= 15 is 0 Å². The van der Waals surface area contributed by atoms with Crippen molar-refractivity contribution in [2.45, 2.75) is 65.3 Å². The van der Waals surface area contributed by atoms with Crippen molar-refractivity contribution in [3.05, 3.63) is 99.9 Å². The van der Waals surface area contributed by atoms with Gasteiger partial charge in [0.25, 0.3) is 0 Å². The number of para-hydroxylation sites is 2. The zero-order valence-corrected chi connectivity index (χ0v) is 26.2. The Hall–Kier alpha value is -2.76. The number of hydrogen-bond acceptors (Lipinski definition) is 4. The lowest BCUT2D eigenvalue weighted by Crippen LogP contribution is -2.16. The summed E-state index contributed by atoms with van der Waals surface area (Å²) in [6.07, 6.45) is 6.90. The Kier molecular flexibility index (Phi) is 9.79. The second-order valence-electron chi connectivity index (χ2n) is 11.3. The van der Waals surface area contributed by atoms with Crippen molar-refractivity contribution in [3.8, 4) is 17.0 Å². The van der Waals surface area contributed by atoms with E-state index in [0.29, 0.717) is 11.8 Å². The summed E-state index contributed by atoms with van der Waals surface area (Å²) < 4.78 is 6.66. The van der Waals surface area contributed by atoms with Crippen molar-refractivity contribution in [2.24, 2.45) is 0 Å². The number of thiazole rings is 1. The van der Waals surface area contributed by atoms with Gasteiger partial charge in [0.2, 0.25) is 0 Å². The molecule has 39 heavy (non-hydrogen) atoms. The van der Waals surface area contributed by atoms with Gasteiger partial charge >= 0.3 is 0 Å². The quantitative estimate of drug-likeness (QED) is 0.187. The lowest BCUT2D eigenvalue weighted by molar-refractivity contribution is 0.621. The number of unbranched alkanes of at least 4 members (excludes halogenated alkanes) is 1. The van der Waals surface area contributed by atoms with Crippen LogP contribution in [0.15, 0.2) is 78.2 Å². The number of anilines is 1. The number of benzene rings is 3. The molecular weight excluding hydrogens is 517 g/mol. The van der Waals surface area contributed by atoms with E-state index in [0.717, 1.165) is 27.8 Å². The fourth-order valence-corrected chi connectivity index (χ4v) is 7.46. The first kappa shape index (κ1) is 29.2. The molecule has 208 valence electrons. The van der Waals surface area contributed by atoms with Crippen molar-refractivity contribution in [2.75, 3.05) is 23.6 Å². The Morgan fingerprint density at radius 2 is 1.49 bits per heavy atom. The van der Waals surface area contributed by atoms with Gasteiger partial charge in [-0.2, -0.15) is 0 Å². The fraction of sp³-hybridized carbons (Fsp3) is 0.382. The SMILES string of the molecule is CCCCS(C)(C)Oc1ccccc1-c1csc(C(Nc2c(C(C)C)cccc2C(C)C)c2ccccc2)n1. The summed E-state index contributed by atoms with van der Waals surface area (Å²) in [6, 6.07) is 25.7. The van der Waals surface area contributed by atoms with Gasteiger partial charge < -0.3 is 9.50 Å². The molecule has 1 heterocycles. The van der Waals surface area contributed by atoms with Gasteiger partial charge in [-0.3, -0.25) is 0 Å². The van der Waals surface area contributed by atoms with Crippen molar-refractivity contribution in [3.63, 3.8) is 0 Å². The monoisotopic (exact) mass is 560 g/mol. The number of rotatable bonds is 12. The van der Waals surface area contributed by atoms with Crippen molar-refractivity contribution >= 4 is 27.3 Å². The van der Waals surface area contributed by atoms with Gasteiger partial charge in [0.15, 0.2) is 0 Å². The Balaban J connectivity index is 1.74. The topological polar surface area (TPSA) is 34.1 Å². The van der Waals surface area contributed by atoms with Crippen LogP contribution in [0.4, 0.5) is 5.69 Å². The first-order chi connectivity index (χ1) is 18.7. The highest BCUT2D eigenvalue weighted by atomic mass is 32.3. The van der Waals surface area contributed by atoms with E-state index in [4.69, 9.17) is 9.17 Å². The molecule has 0 aliphatic heterocycles. The van der Waals surface area contributed by atoms with Gasteiger partial charge in [-0.05, 0) is 59.6 Å². The van der Waals surface area contributed by atoms with Crippen LogP contribution in [0.25, 0.3) is 11.3 Å². The van der Waals surface area contributed by atoms with Gasteiger partial charge in [-0.15, -0.1) is 11.3 Å². The lowest BCUT2D eigenvalue weighted by atomic mass is 9.92. The van der Waals surface area contributed by atoms with E-state index in [2.05, 4.69) is 131 Å². The third kappa shape index (κ3) is 7.26. The predicted octanol–water partition coefficient (Wildman–Crippen LogP) is 10.4. The molecule has 0 saturated carbocycles. The molecule has 1 aromatic heterocycles. The average Bonchev–Trinajstić information content (AvgIpc) is 3.40. The minimum Gasteiger partial charge on any atom is -0.449 e. The standard InChI is InChI=1S/C34H44N2OS2/c1-8-9-22-39(6,7)37-31-21-14-13-18-29(31)30-23-38-34(35-30)32(26-16-11-10-12-17-26)36-33-27(24(2)3)19-15-20-28(33)25(4)5/h10-21,23-25,32,36H,8-9,22H2,1-7H3. The van der Waals surface area contributed by atoms with Crippen LogP contribution >= 0.6 is 21.6 Å². The van der Waals surface area contributed by atoms with Crippen LogP contribution in [-0.2, 0) is 0 Å². The largest absolute Gasteiger partial charge is 0.449 e. The molecule has 0 bridgehead atoms. The summed E-state index contributed by atoms with van der Waals surface area (Å²) >= 11 is 1.71. The minimum atomic E-state index is -1.18. The van der Waals surface area contributed by atoms with Crippen LogP contribution in [0.2, 0.25) is 0 Å². The maximum atomic E-state index is 6.66. The van der Waals surface area contributed by atoms with Gasteiger partial charge in [0, 0.05) is 22.4 Å². The summed E-state index contributed by atoms with van der Waals surface area (Å²) in [5.41, 5.74) is 7.17. The van der Waals surface area contributed by atoms with Crippen LogP contribution in [0.1, 0.15) is 87.0 Å². The molecule has 1 N–H and O–H groups in total. The second kappa shape index (κ2) is 13.1. The maximum absolute atomic E-state index is 6.66. The number of hydrogen-bond donors (Lipinski definition) is 1. The molecule has 0 spiro atoms. The van der Waals surface area contributed by atoms with E-state index in [9.17, 15) is 0 Å². The summed E-state index contributed by atoms with van der Waals surface area (Å²) in [5.74, 6) is 2.86. The zero-order chi connectivity index (χ0) is 28.0. The number of nitrogens with zero attached hydrogens (tertiary/aromatic N) is 1. The lowest BCUT2D eigenvalue weighted by Gasteiger charge is -2.32. The predicted molar refractivity (Wildman–Crippen MR) is 174 cm³/mol. The molecule has 0 fully saturated rings. The van der Waals surface area contributed by atoms with E-state index in [1.54, 1.807) is 11.3 Å². The molecule has 4 rings (SSSR count). The smallest absolute Gasteiger partial charge is 0.144 e. The Bertz CT molecular complexity index is 1320. The minimum absolute atomic E-state index is 0.0537. The highest BCUT2D eigenvalue weighted by Gasteiger charge is 2.24. The summed E-state index contributed by atoms with van der Waals surface area (Å²) in [5, 5.41) is 7.21. The first-order valence-corrected chi connectivity index (χ1v) is 17.5. The van der Waals surface area contributed by atoms with E-state index in [1.807, 2.05) is 0 Å². The van der Waals surface area contributed by atoms with Gasteiger partial charge in [0.1, 0.15) is 16.8 Å². The fourth-order valence-electron chi connectivity index (χ4n) is 4.87. The second-order valence-corrected chi connectivity index (χ2v) is 15.6. The van der Waals surface area contributed by atoms with Crippen molar-refractivity contribution < 1.29 is 4.18 Å². The Morgan fingerprint density at radius 3 is 2.13 bits per heavy atom. The molecule has 5 heteroatoms. The van der Waals surface area contributed by atoms with Gasteiger partial charge in [-0.1, -0.05) is 112 Å². The van der Waals surface area contributed by atoms with Crippen LogP contribution in [0.5, 0.6) is 5.75 Å². The van der Waals surface area contributed by atoms with E-state index in [1.165, 1.54) is 35.2 Å². The summed E-state index contributed by atoms with van der Waals surface area (Å²) in [7, 11) is -1.18. The summed E-state index contributed by atoms with van der Waals surface area (Å²) in [4.78, 5) is 5.24. The molecule has 0 aliphatic rings. The number of aromatic nitrogens is 1. The number of nitrogens with one attached hydrogen (secondary N) is 1. The Morgan fingerprint density at radius 1 is 0.846 bits per heavy atom. The Labute approximate surface area is 241 Å². The van der Waals surface area contributed by atoms with E-state index < -0.39 is 10.3 Å². The zero-order valence-electron chi connectivity index (χ0n) is 24.5. The molecule has 3 aromatic carbocycles. The third-order valence-electron chi connectivity index (χ3n) is 7.03. The average molecular weight is 561 g/mol. The third-order valence-corrected chi connectivity index (χ3v) is 9.84. The van der Waals surface area contributed by atoms with Crippen LogP contribution in [-0.4, -0.2) is 23.2 Å². The van der Waals surface area contributed by atoms with Crippen molar-refractivity contribution in [1.82, 2.24) is 4.98 Å². The van der Waals surface area contributed by atoms with Crippen LogP contribution < -0.4 is 9.50 Å². The van der Waals surface area contributed by atoms with Crippen LogP contribution in [0.3, 0.4) is 0 Å². The van der Waals surface area contributed by atoms with Crippen LogP contribution in [0, 0.1) is 0 Å². The highest BCUT2D eigenvalue weighted by molar-refractivity contribution is 8.29. The van der Waals surface area contributed by atoms with E-state index in [-0.39, 0.29) is 6.04 Å². The van der Waals surface area contributed by atoms with Gasteiger partial charge in [0.05, 0.1) is 5.69 Å². The normalized spacial score (nSPS) is 13.1. The molecular formula is C34H44N2OS2. The molecule has 3 nitrogen and oxygen atoms in total. The molecule has 4 aromatic rings. The first-order valence-electron chi connectivity index (χ1n) is 14.1. The molecule has 1 unspecified atom stereocenters.